The van der Waals surface area contributed by atoms with E-state index in [0.29, 0.717) is 32.7 Å². The zero-order valence-electron chi connectivity index (χ0n) is 14.8. The molecular weight excluding hydrogens is 306 g/mol. The summed E-state index contributed by atoms with van der Waals surface area (Å²) in [6.45, 7) is 7.26. The maximum absolute atomic E-state index is 12.1. The van der Waals surface area contributed by atoms with Crippen LogP contribution in [0.2, 0.25) is 0 Å². The number of carbonyl (C=O) groups is 2. The van der Waals surface area contributed by atoms with Gasteiger partial charge in [0, 0.05) is 39.3 Å². The number of piperazine rings is 1. The highest BCUT2D eigenvalue weighted by molar-refractivity contribution is 5.78. The first-order chi connectivity index (χ1) is 11.5. The Morgan fingerprint density at radius 3 is 2.33 bits per heavy atom. The third-order valence-electron chi connectivity index (χ3n) is 4.36. The predicted molar refractivity (Wildman–Crippen MR) is 92.5 cm³/mol. The molecule has 1 aromatic carbocycles. The van der Waals surface area contributed by atoms with E-state index in [1.165, 1.54) is 0 Å². The molecule has 0 N–H and O–H groups in total. The molecule has 1 saturated heterocycles. The number of amides is 2. The van der Waals surface area contributed by atoms with Gasteiger partial charge in [0.25, 0.3) is 0 Å². The molecule has 0 aromatic heterocycles. The fourth-order valence-corrected chi connectivity index (χ4v) is 2.49. The van der Waals surface area contributed by atoms with Gasteiger partial charge in [-0.1, -0.05) is 30.3 Å². The minimum Gasteiger partial charge on any atom is -0.445 e. The van der Waals surface area contributed by atoms with E-state index in [2.05, 4.69) is 4.90 Å². The van der Waals surface area contributed by atoms with Crippen molar-refractivity contribution < 1.29 is 14.3 Å². The van der Waals surface area contributed by atoms with Crippen LogP contribution in [0.3, 0.4) is 0 Å². The van der Waals surface area contributed by atoms with Crippen molar-refractivity contribution in [2.45, 2.75) is 26.5 Å². The van der Waals surface area contributed by atoms with E-state index in [4.69, 9.17) is 4.74 Å². The van der Waals surface area contributed by atoms with Crippen molar-refractivity contribution >= 4 is 12.0 Å². The lowest BCUT2D eigenvalue weighted by atomic mass is 10.2. The summed E-state index contributed by atoms with van der Waals surface area (Å²) in [5.41, 5.74) is 0.979. The molecule has 1 aromatic rings. The summed E-state index contributed by atoms with van der Waals surface area (Å²) in [7, 11) is 1.82. The van der Waals surface area contributed by atoms with Crippen LogP contribution >= 0.6 is 0 Å². The monoisotopic (exact) mass is 333 g/mol. The molecule has 0 radical (unpaired) electrons. The number of carbonyl (C=O) groups excluding carboxylic acids is 2. The molecule has 1 heterocycles. The Morgan fingerprint density at radius 1 is 1.12 bits per heavy atom. The Morgan fingerprint density at radius 2 is 1.75 bits per heavy atom. The number of hydrogen-bond acceptors (Lipinski definition) is 4. The maximum Gasteiger partial charge on any atom is 0.410 e. The second-order valence-electron chi connectivity index (χ2n) is 6.40. The van der Waals surface area contributed by atoms with Gasteiger partial charge in [-0.3, -0.25) is 9.69 Å². The van der Waals surface area contributed by atoms with Crippen molar-refractivity contribution in [3.05, 3.63) is 35.9 Å². The van der Waals surface area contributed by atoms with E-state index < -0.39 is 0 Å². The molecule has 0 atom stereocenters. The molecule has 1 aliphatic rings. The van der Waals surface area contributed by atoms with Crippen LogP contribution in [-0.2, 0) is 16.1 Å². The fraction of sp³-hybridized carbons (Fsp3) is 0.556. The molecule has 24 heavy (non-hydrogen) atoms. The van der Waals surface area contributed by atoms with Crippen LogP contribution in [0.4, 0.5) is 4.79 Å². The van der Waals surface area contributed by atoms with Crippen LogP contribution in [0.15, 0.2) is 30.3 Å². The first-order valence-corrected chi connectivity index (χ1v) is 8.41. The molecule has 0 unspecified atom stereocenters. The van der Waals surface area contributed by atoms with Gasteiger partial charge in [-0.2, -0.15) is 0 Å². The average molecular weight is 333 g/mol. The molecule has 0 aliphatic carbocycles. The second-order valence-corrected chi connectivity index (χ2v) is 6.40. The van der Waals surface area contributed by atoms with Crippen LogP contribution in [-0.4, -0.2) is 72.5 Å². The Hall–Kier alpha value is -2.08. The van der Waals surface area contributed by atoms with Gasteiger partial charge in [-0.15, -0.1) is 0 Å². The van der Waals surface area contributed by atoms with Gasteiger partial charge >= 0.3 is 6.09 Å². The molecule has 0 bridgehead atoms. The van der Waals surface area contributed by atoms with E-state index in [1.807, 2.05) is 51.2 Å². The highest BCUT2D eigenvalue weighted by Gasteiger charge is 2.24. The van der Waals surface area contributed by atoms with Gasteiger partial charge < -0.3 is 14.5 Å². The lowest BCUT2D eigenvalue weighted by Gasteiger charge is -2.34. The number of benzene rings is 1. The quantitative estimate of drug-likeness (QED) is 0.825. The topological polar surface area (TPSA) is 53.1 Å². The van der Waals surface area contributed by atoms with Crippen molar-refractivity contribution in [3.8, 4) is 0 Å². The van der Waals surface area contributed by atoms with E-state index in [0.717, 1.165) is 5.56 Å². The summed E-state index contributed by atoms with van der Waals surface area (Å²) in [4.78, 5) is 29.8. The number of rotatable bonds is 5. The SMILES string of the molecule is CC(C)N(C)C(=O)CN1CCN(C(=O)OCc2ccccc2)CC1. The van der Waals surface area contributed by atoms with Crippen LogP contribution in [0.25, 0.3) is 0 Å². The largest absolute Gasteiger partial charge is 0.445 e. The summed E-state index contributed by atoms with van der Waals surface area (Å²) in [5.74, 6) is 0.116. The number of likely N-dealkylation sites (N-methyl/N-ethyl adjacent to an activating group) is 1. The van der Waals surface area contributed by atoms with E-state index in [1.54, 1.807) is 9.80 Å². The lowest BCUT2D eigenvalue weighted by molar-refractivity contribution is -0.132. The van der Waals surface area contributed by atoms with Crippen LogP contribution in [0, 0.1) is 0 Å². The summed E-state index contributed by atoms with van der Waals surface area (Å²) in [6.07, 6.45) is -0.288. The Labute approximate surface area is 144 Å². The van der Waals surface area contributed by atoms with E-state index in [9.17, 15) is 9.59 Å². The van der Waals surface area contributed by atoms with Gasteiger partial charge in [0.1, 0.15) is 6.61 Å². The third kappa shape index (κ3) is 5.23. The van der Waals surface area contributed by atoms with Crippen LogP contribution in [0.5, 0.6) is 0 Å². The normalized spacial score (nSPS) is 15.4. The highest BCUT2D eigenvalue weighted by atomic mass is 16.6. The molecule has 1 aliphatic heterocycles. The Bertz CT molecular complexity index is 540. The summed E-state index contributed by atoms with van der Waals surface area (Å²) in [6, 6.07) is 9.85. The van der Waals surface area contributed by atoms with Gasteiger partial charge in [-0.05, 0) is 19.4 Å². The van der Waals surface area contributed by atoms with Gasteiger partial charge in [0.15, 0.2) is 0 Å². The second kappa shape index (κ2) is 8.68. The summed E-state index contributed by atoms with van der Waals surface area (Å²) in [5, 5.41) is 0. The minimum absolute atomic E-state index is 0.116. The van der Waals surface area contributed by atoms with Crippen molar-refractivity contribution in [3.63, 3.8) is 0 Å². The van der Waals surface area contributed by atoms with Crippen LogP contribution < -0.4 is 0 Å². The van der Waals surface area contributed by atoms with Crippen molar-refractivity contribution in [1.29, 1.82) is 0 Å². The molecule has 0 saturated carbocycles. The smallest absolute Gasteiger partial charge is 0.410 e. The first kappa shape index (κ1) is 18.3. The number of nitrogens with zero attached hydrogens (tertiary/aromatic N) is 3. The molecule has 6 nitrogen and oxygen atoms in total. The van der Waals surface area contributed by atoms with Crippen LogP contribution in [0.1, 0.15) is 19.4 Å². The maximum atomic E-state index is 12.1. The zero-order valence-corrected chi connectivity index (χ0v) is 14.8. The van der Waals surface area contributed by atoms with Crippen molar-refractivity contribution in [2.24, 2.45) is 0 Å². The summed E-state index contributed by atoms with van der Waals surface area (Å²) >= 11 is 0. The van der Waals surface area contributed by atoms with Crippen molar-refractivity contribution in [2.75, 3.05) is 39.8 Å². The predicted octanol–water partition coefficient (Wildman–Crippen LogP) is 1.81. The molecule has 1 fully saturated rings. The molecule has 0 spiro atoms. The molecular formula is C18H27N3O3. The number of ether oxygens (including phenoxy) is 1. The number of hydrogen-bond donors (Lipinski definition) is 0. The van der Waals surface area contributed by atoms with Crippen molar-refractivity contribution in [1.82, 2.24) is 14.7 Å². The molecule has 2 amide bonds. The Balaban J connectivity index is 1.72. The summed E-state index contributed by atoms with van der Waals surface area (Å²) < 4.78 is 5.35. The Kier molecular flexibility index (Phi) is 6.61. The van der Waals surface area contributed by atoms with E-state index in [-0.39, 0.29) is 24.6 Å². The molecule has 6 heteroatoms. The van der Waals surface area contributed by atoms with Gasteiger partial charge in [-0.25, -0.2) is 4.79 Å². The zero-order chi connectivity index (χ0) is 17.5. The fourth-order valence-electron chi connectivity index (χ4n) is 2.49. The average Bonchev–Trinajstić information content (AvgIpc) is 2.60. The van der Waals surface area contributed by atoms with E-state index >= 15 is 0 Å². The lowest BCUT2D eigenvalue weighted by Crippen LogP contribution is -2.51. The minimum atomic E-state index is -0.288. The van der Waals surface area contributed by atoms with Gasteiger partial charge in [0.2, 0.25) is 5.91 Å². The standard InChI is InChI=1S/C18H27N3O3/c1-15(2)19(3)17(22)13-20-9-11-21(12-10-20)18(23)24-14-16-7-5-4-6-8-16/h4-8,15H,9-14H2,1-3H3. The van der Waals surface area contributed by atoms with Gasteiger partial charge in [0.05, 0.1) is 6.54 Å². The third-order valence-corrected chi connectivity index (χ3v) is 4.36. The molecule has 2 rings (SSSR count). The molecule has 132 valence electrons. The first-order valence-electron chi connectivity index (χ1n) is 8.41. The highest BCUT2D eigenvalue weighted by Crippen LogP contribution is 2.07.